The maximum atomic E-state index is 12.7. The quantitative estimate of drug-likeness (QED) is 0.853. The number of hydrogen-bond acceptors (Lipinski definition) is 2. The Morgan fingerprint density at radius 3 is 2.80 bits per heavy atom. The molecule has 1 aromatic rings. The Morgan fingerprint density at radius 2 is 2.20 bits per heavy atom. The summed E-state index contributed by atoms with van der Waals surface area (Å²) in [6.07, 6.45) is 2.46. The maximum Gasteiger partial charge on any atom is 0.255 e. The average Bonchev–Trinajstić information content (AvgIpc) is 3.26. The second-order valence-corrected chi connectivity index (χ2v) is 5.30. The summed E-state index contributed by atoms with van der Waals surface area (Å²) in [5.41, 5.74) is 2.39. The third-order valence-electron chi connectivity index (χ3n) is 3.55. The second kappa shape index (κ2) is 6.58. The van der Waals surface area contributed by atoms with Crippen LogP contribution in [-0.2, 0) is 0 Å². The first-order valence-electron chi connectivity index (χ1n) is 7.15. The van der Waals surface area contributed by atoms with Crippen molar-refractivity contribution in [1.29, 1.82) is 0 Å². The molecule has 3 nitrogen and oxygen atoms in total. The predicted molar refractivity (Wildman–Crippen MR) is 79.4 cm³/mol. The molecule has 1 aromatic carbocycles. The van der Waals surface area contributed by atoms with Crippen molar-refractivity contribution in [3.05, 3.63) is 34.9 Å². The highest BCUT2D eigenvalue weighted by atomic mass is 16.2. The van der Waals surface area contributed by atoms with Crippen molar-refractivity contribution in [2.24, 2.45) is 5.92 Å². The Bertz CT molecular complexity index is 550. The third-order valence-corrected chi connectivity index (χ3v) is 3.55. The van der Waals surface area contributed by atoms with E-state index in [1.165, 1.54) is 12.8 Å². The minimum absolute atomic E-state index is 0.0466. The second-order valence-electron chi connectivity index (χ2n) is 5.30. The van der Waals surface area contributed by atoms with Gasteiger partial charge in [0.05, 0.1) is 5.56 Å². The van der Waals surface area contributed by atoms with E-state index in [9.17, 15) is 4.79 Å². The Balaban J connectivity index is 2.28. The molecule has 2 rings (SSSR count). The largest absolute Gasteiger partial charge is 0.384 e. The molecule has 0 heterocycles. The Kier molecular flexibility index (Phi) is 4.81. The summed E-state index contributed by atoms with van der Waals surface area (Å²) in [6, 6.07) is 5.69. The number of benzene rings is 1. The molecular formula is C17H21NO2. The summed E-state index contributed by atoms with van der Waals surface area (Å²) >= 11 is 0. The van der Waals surface area contributed by atoms with Crippen LogP contribution in [0.5, 0.6) is 0 Å². The van der Waals surface area contributed by atoms with Gasteiger partial charge in [-0.2, -0.15) is 0 Å². The van der Waals surface area contributed by atoms with Gasteiger partial charge in [-0.3, -0.25) is 4.79 Å². The van der Waals surface area contributed by atoms with Crippen molar-refractivity contribution in [3.63, 3.8) is 0 Å². The van der Waals surface area contributed by atoms with Gasteiger partial charge in [0.2, 0.25) is 0 Å². The minimum Gasteiger partial charge on any atom is -0.384 e. The first-order chi connectivity index (χ1) is 9.65. The predicted octanol–water partition coefficient (Wildman–Crippen LogP) is 2.21. The zero-order chi connectivity index (χ0) is 14.5. The van der Waals surface area contributed by atoms with E-state index >= 15 is 0 Å². The molecule has 0 aromatic heterocycles. The molecule has 1 N–H and O–H groups in total. The number of nitrogens with zero attached hydrogens (tertiary/aromatic N) is 1. The molecule has 0 aliphatic heterocycles. The van der Waals surface area contributed by atoms with Gasteiger partial charge in [0.1, 0.15) is 6.61 Å². The molecule has 0 bridgehead atoms. The zero-order valence-electron chi connectivity index (χ0n) is 12.1. The van der Waals surface area contributed by atoms with E-state index in [-0.39, 0.29) is 12.5 Å². The first-order valence-corrected chi connectivity index (χ1v) is 7.15. The molecule has 3 heteroatoms. The van der Waals surface area contributed by atoms with Crippen molar-refractivity contribution in [2.75, 3.05) is 19.7 Å². The summed E-state index contributed by atoms with van der Waals surface area (Å²) < 4.78 is 0. The lowest BCUT2D eigenvalue weighted by Crippen LogP contribution is -2.33. The number of aliphatic hydroxyl groups is 1. The lowest BCUT2D eigenvalue weighted by Gasteiger charge is -2.21. The van der Waals surface area contributed by atoms with Gasteiger partial charge in [0.15, 0.2) is 0 Å². The van der Waals surface area contributed by atoms with E-state index in [4.69, 9.17) is 5.11 Å². The first kappa shape index (κ1) is 14.6. The van der Waals surface area contributed by atoms with E-state index in [0.717, 1.165) is 18.7 Å². The topological polar surface area (TPSA) is 40.5 Å². The smallest absolute Gasteiger partial charge is 0.255 e. The van der Waals surface area contributed by atoms with Gasteiger partial charge in [-0.05, 0) is 44.7 Å². The molecule has 1 fully saturated rings. The molecule has 1 saturated carbocycles. The van der Waals surface area contributed by atoms with Gasteiger partial charge in [-0.25, -0.2) is 0 Å². The summed E-state index contributed by atoms with van der Waals surface area (Å²) in [5.74, 6) is 6.22. The molecule has 0 unspecified atom stereocenters. The molecule has 106 valence electrons. The van der Waals surface area contributed by atoms with Crippen LogP contribution in [0.15, 0.2) is 18.2 Å². The van der Waals surface area contributed by atoms with E-state index < -0.39 is 0 Å². The van der Waals surface area contributed by atoms with Crippen LogP contribution in [0, 0.1) is 24.7 Å². The standard InChI is InChI=1S/C17H21NO2/c1-3-18(12-14-7-8-14)17(20)16-11-13(2)6-9-15(16)5-4-10-19/h6,9,11,14,19H,3,7-8,10,12H2,1-2H3. The van der Waals surface area contributed by atoms with Gasteiger partial charge in [-0.15, -0.1) is 0 Å². The summed E-state index contributed by atoms with van der Waals surface area (Å²) in [4.78, 5) is 14.6. The van der Waals surface area contributed by atoms with Gasteiger partial charge < -0.3 is 10.0 Å². The molecule has 0 atom stereocenters. The van der Waals surface area contributed by atoms with Crippen LogP contribution in [0.2, 0.25) is 0 Å². The lowest BCUT2D eigenvalue weighted by molar-refractivity contribution is 0.0756. The van der Waals surface area contributed by atoms with Gasteiger partial charge in [-0.1, -0.05) is 23.5 Å². The van der Waals surface area contributed by atoms with Crippen LogP contribution in [0.3, 0.4) is 0 Å². The fourth-order valence-electron chi connectivity index (χ4n) is 2.22. The molecule has 0 saturated heterocycles. The minimum atomic E-state index is -0.193. The average molecular weight is 271 g/mol. The third kappa shape index (κ3) is 3.61. The normalized spacial score (nSPS) is 13.6. The van der Waals surface area contributed by atoms with E-state index in [1.54, 1.807) is 0 Å². The van der Waals surface area contributed by atoms with E-state index in [2.05, 4.69) is 11.8 Å². The monoisotopic (exact) mass is 271 g/mol. The van der Waals surface area contributed by atoms with Crippen LogP contribution < -0.4 is 0 Å². The number of aryl methyl sites for hydroxylation is 1. The maximum absolute atomic E-state index is 12.7. The van der Waals surface area contributed by atoms with Crippen LogP contribution in [0.1, 0.15) is 41.3 Å². The number of aliphatic hydroxyl groups excluding tert-OH is 1. The SMILES string of the molecule is CCN(CC1CC1)C(=O)c1cc(C)ccc1C#CCO. The number of amides is 1. The highest BCUT2D eigenvalue weighted by Crippen LogP contribution is 2.30. The number of carbonyl (C=O) groups is 1. The fourth-order valence-corrected chi connectivity index (χ4v) is 2.22. The molecule has 0 radical (unpaired) electrons. The molecule has 0 spiro atoms. The van der Waals surface area contributed by atoms with Gasteiger partial charge >= 0.3 is 0 Å². The van der Waals surface area contributed by atoms with Gasteiger partial charge in [0.25, 0.3) is 5.91 Å². The van der Waals surface area contributed by atoms with Crippen molar-refractivity contribution < 1.29 is 9.90 Å². The van der Waals surface area contributed by atoms with E-state index in [1.807, 2.05) is 36.9 Å². The molecule has 1 amide bonds. The lowest BCUT2D eigenvalue weighted by atomic mass is 10.0. The zero-order valence-corrected chi connectivity index (χ0v) is 12.1. The molecule has 1 aliphatic rings. The van der Waals surface area contributed by atoms with Crippen molar-refractivity contribution >= 4 is 5.91 Å². The number of carbonyl (C=O) groups excluding carboxylic acids is 1. The molecular weight excluding hydrogens is 250 g/mol. The van der Waals surface area contributed by atoms with E-state index in [0.29, 0.717) is 17.0 Å². The number of hydrogen-bond donors (Lipinski definition) is 1. The van der Waals surface area contributed by atoms with Crippen molar-refractivity contribution in [1.82, 2.24) is 4.90 Å². The van der Waals surface area contributed by atoms with Crippen LogP contribution in [0.4, 0.5) is 0 Å². The number of rotatable bonds is 4. The van der Waals surface area contributed by atoms with Crippen LogP contribution >= 0.6 is 0 Å². The Morgan fingerprint density at radius 1 is 1.45 bits per heavy atom. The van der Waals surface area contributed by atoms with Crippen molar-refractivity contribution in [3.8, 4) is 11.8 Å². The highest BCUT2D eigenvalue weighted by molar-refractivity contribution is 5.97. The highest BCUT2D eigenvalue weighted by Gasteiger charge is 2.27. The fraction of sp³-hybridized carbons (Fsp3) is 0.471. The molecule has 20 heavy (non-hydrogen) atoms. The summed E-state index contributed by atoms with van der Waals surface area (Å²) in [6.45, 7) is 5.35. The van der Waals surface area contributed by atoms with Crippen molar-refractivity contribution in [2.45, 2.75) is 26.7 Å². The van der Waals surface area contributed by atoms with Crippen LogP contribution in [-0.4, -0.2) is 35.6 Å². The Labute approximate surface area is 120 Å². The van der Waals surface area contributed by atoms with Crippen LogP contribution in [0.25, 0.3) is 0 Å². The van der Waals surface area contributed by atoms with Gasteiger partial charge in [0, 0.05) is 18.7 Å². The Hall–Kier alpha value is -1.79. The summed E-state index contributed by atoms with van der Waals surface area (Å²) in [5, 5.41) is 8.83. The molecule has 1 aliphatic carbocycles. The summed E-state index contributed by atoms with van der Waals surface area (Å²) in [7, 11) is 0.